The molecule has 168 valence electrons. The van der Waals surface area contributed by atoms with Crippen LogP contribution in [0, 0.1) is 6.92 Å². The van der Waals surface area contributed by atoms with E-state index in [2.05, 4.69) is 15.5 Å². The van der Waals surface area contributed by atoms with Crippen molar-refractivity contribution in [3.63, 3.8) is 0 Å². The van der Waals surface area contributed by atoms with E-state index in [1.807, 2.05) is 78.2 Å². The van der Waals surface area contributed by atoms with Crippen molar-refractivity contribution in [3.8, 4) is 5.75 Å². The maximum absolute atomic E-state index is 12.5. The van der Waals surface area contributed by atoms with Crippen molar-refractivity contribution in [3.05, 3.63) is 101 Å². The number of ether oxygens (including phenoxy) is 1. The molecule has 0 unspecified atom stereocenters. The number of anilines is 1. The van der Waals surface area contributed by atoms with E-state index < -0.39 is 0 Å². The number of hydrogen-bond donors (Lipinski definition) is 1. The fourth-order valence-electron chi connectivity index (χ4n) is 3.12. The molecule has 0 atom stereocenters. The normalized spacial score (nSPS) is 10.7. The van der Waals surface area contributed by atoms with Crippen molar-refractivity contribution in [2.75, 3.05) is 11.1 Å². The van der Waals surface area contributed by atoms with Gasteiger partial charge in [-0.15, -0.1) is 10.2 Å². The monoisotopic (exact) mass is 478 g/mol. The van der Waals surface area contributed by atoms with Gasteiger partial charge in [-0.05, 0) is 36.8 Å². The molecule has 4 aromatic rings. The van der Waals surface area contributed by atoms with Crippen molar-refractivity contribution in [2.24, 2.45) is 0 Å². The van der Waals surface area contributed by atoms with E-state index in [-0.39, 0.29) is 18.3 Å². The minimum absolute atomic E-state index is 0.167. The van der Waals surface area contributed by atoms with Crippen molar-refractivity contribution < 1.29 is 9.53 Å². The molecule has 3 aromatic carbocycles. The Morgan fingerprint density at radius 1 is 1.00 bits per heavy atom. The number of nitrogens with zero attached hydrogens (tertiary/aromatic N) is 3. The summed E-state index contributed by atoms with van der Waals surface area (Å²) in [6, 6.07) is 25.1. The Labute approximate surface area is 202 Å². The van der Waals surface area contributed by atoms with Gasteiger partial charge in [0, 0.05) is 0 Å². The third-order valence-electron chi connectivity index (χ3n) is 4.85. The van der Waals surface area contributed by atoms with Gasteiger partial charge >= 0.3 is 0 Å². The quantitative estimate of drug-likeness (QED) is 0.317. The van der Waals surface area contributed by atoms with Crippen LogP contribution in [0.4, 0.5) is 5.69 Å². The molecule has 4 rings (SSSR count). The summed E-state index contributed by atoms with van der Waals surface area (Å²) in [5, 5.41) is 12.6. The summed E-state index contributed by atoms with van der Waals surface area (Å²) in [6.07, 6.45) is 0. The van der Waals surface area contributed by atoms with Gasteiger partial charge < -0.3 is 10.1 Å². The maximum atomic E-state index is 12.5. The van der Waals surface area contributed by atoms with Crippen LogP contribution < -0.4 is 10.1 Å². The summed E-state index contributed by atoms with van der Waals surface area (Å²) in [5.74, 6) is 1.47. The summed E-state index contributed by atoms with van der Waals surface area (Å²) in [4.78, 5) is 12.5. The molecule has 0 aliphatic heterocycles. The number of thioether (sulfide) groups is 1. The maximum Gasteiger partial charge on any atom is 0.234 e. The highest BCUT2D eigenvalue weighted by molar-refractivity contribution is 7.99. The molecule has 0 saturated heterocycles. The molecule has 0 aliphatic rings. The van der Waals surface area contributed by atoms with Gasteiger partial charge in [0.2, 0.25) is 5.91 Å². The molecule has 1 amide bonds. The first-order valence-corrected chi connectivity index (χ1v) is 11.8. The van der Waals surface area contributed by atoms with Gasteiger partial charge in [0.15, 0.2) is 11.0 Å². The molecule has 6 nitrogen and oxygen atoms in total. The summed E-state index contributed by atoms with van der Waals surface area (Å²) in [5.41, 5.74) is 2.86. The van der Waals surface area contributed by atoms with Crippen LogP contribution in [0.5, 0.6) is 5.75 Å². The van der Waals surface area contributed by atoms with E-state index in [1.165, 1.54) is 17.3 Å². The lowest BCUT2D eigenvalue weighted by molar-refractivity contribution is -0.113. The predicted octanol–water partition coefficient (Wildman–Crippen LogP) is 5.60. The number of amides is 1. The van der Waals surface area contributed by atoms with Gasteiger partial charge in [-0.3, -0.25) is 9.36 Å². The van der Waals surface area contributed by atoms with Crippen LogP contribution >= 0.6 is 23.4 Å². The van der Waals surface area contributed by atoms with Crippen LogP contribution in [0.25, 0.3) is 0 Å². The van der Waals surface area contributed by atoms with Crippen LogP contribution in [0.3, 0.4) is 0 Å². The molecule has 0 fully saturated rings. The zero-order valence-corrected chi connectivity index (χ0v) is 19.6. The van der Waals surface area contributed by atoms with Gasteiger partial charge in [0.05, 0.1) is 23.0 Å². The smallest absolute Gasteiger partial charge is 0.234 e. The molecule has 0 saturated carbocycles. The number of aryl methyl sites for hydroxylation is 1. The number of rotatable bonds is 9. The minimum Gasteiger partial charge on any atom is -0.486 e. The topological polar surface area (TPSA) is 69.0 Å². The van der Waals surface area contributed by atoms with Gasteiger partial charge in [0.1, 0.15) is 12.4 Å². The van der Waals surface area contributed by atoms with E-state index in [4.69, 9.17) is 16.3 Å². The average molecular weight is 479 g/mol. The third kappa shape index (κ3) is 6.37. The fourth-order valence-corrected chi connectivity index (χ4v) is 4.06. The molecular weight excluding hydrogens is 456 g/mol. The minimum atomic E-state index is -0.167. The molecule has 0 aliphatic carbocycles. The fraction of sp³-hybridized carbons (Fsp3) is 0.160. The zero-order valence-electron chi connectivity index (χ0n) is 18.1. The van der Waals surface area contributed by atoms with E-state index in [0.29, 0.717) is 28.2 Å². The van der Waals surface area contributed by atoms with E-state index in [0.717, 1.165) is 11.3 Å². The molecular formula is C25H23ClN4O2S. The first-order chi connectivity index (χ1) is 16.1. The van der Waals surface area contributed by atoms with Crippen LogP contribution in [0.2, 0.25) is 5.02 Å². The Morgan fingerprint density at radius 3 is 2.48 bits per heavy atom. The number of para-hydroxylation sites is 1. The van der Waals surface area contributed by atoms with Crippen molar-refractivity contribution in [1.29, 1.82) is 0 Å². The largest absolute Gasteiger partial charge is 0.486 e. The summed E-state index contributed by atoms with van der Waals surface area (Å²) in [7, 11) is 0. The molecule has 0 radical (unpaired) electrons. The summed E-state index contributed by atoms with van der Waals surface area (Å²) < 4.78 is 7.91. The van der Waals surface area contributed by atoms with Gasteiger partial charge in [0.25, 0.3) is 0 Å². The standard InChI is InChI=1S/C25H23ClN4O2S/c1-18-11-13-20(14-12-18)32-16-23-28-29-25(30(23)15-19-7-3-2-4-8-19)33-17-24(31)27-22-10-6-5-9-21(22)26/h2-14H,15-17H2,1H3,(H,27,31). The number of carbonyl (C=O) groups excluding carboxylic acids is 1. The SMILES string of the molecule is Cc1ccc(OCc2nnc(SCC(=O)Nc3ccccc3Cl)n2Cc2ccccc2)cc1. The summed E-state index contributed by atoms with van der Waals surface area (Å²) in [6.45, 7) is 2.88. The van der Waals surface area contributed by atoms with E-state index in [1.54, 1.807) is 12.1 Å². The van der Waals surface area contributed by atoms with Crippen molar-refractivity contribution in [2.45, 2.75) is 25.2 Å². The van der Waals surface area contributed by atoms with Gasteiger partial charge in [-0.1, -0.05) is 83.5 Å². The molecule has 0 bridgehead atoms. The van der Waals surface area contributed by atoms with E-state index in [9.17, 15) is 4.79 Å². The highest BCUT2D eigenvalue weighted by atomic mass is 35.5. The number of nitrogens with one attached hydrogen (secondary N) is 1. The van der Waals surface area contributed by atoms with Crippen molar-refractivity contribution in [1.82, 2.24) is 14.8 Å². The Bertz CT molecular complexity index is 1210. The lowest BCUT2D eigenvalue weighted by Gasteiger charge is -2.12. The highest BCUT2D eigenvalue weighted by Gasteiger charge is 2.16. The first kappa shape index (κ1) is 22.9. The number of aromatic nitrogens is 3. The average Bonchev–Trinajstić information content (AvgIpc) is 3.21. The Balaban J connectivity index is 1.47. The second-order valence-corrected chi connectivity index (χ2v) is 8.74. The Morgan fingerprint density at radius 2 is 1.73 bits per heavy atom. The highest BCUT2D eigenvalue weighted by Crippen LogP contribution is 2.23. The molecule has 33 heavy (non-hydrogen) atoms. The van der Waals surface area contributed by atoms with Crippen LogP contribution in [0.15, 0.2) is 84.0 Å². The first-order valence-electron chi connectivity index (χ1n) is 10.4. The molecule has 1 heterocycles. The number of halogens is 1. The zero-order chi connectivity index (χ0) is 23.0. The van der Waals surface area contributed by atoms with Gasteiger partial charge in [-0.2, -0.15) is 0 Å². The lowest BCUT2D eigenvalue weighted by Crippen LogP contribution is -2.15. The lowest BCUT2D eigenvalue weighted by atomic mass is 10.2. The predicted molar refractivity (Wildman–Crippen MR) is 132 cm³/mol. The Kier molecular flexibility index (Phi) is 7.65. The van der Waals surface area contributed by atoms with E-state index >= 15 is 0 Å². The molecule has 1 N–H and O–H groups in total. The molecule has 8 heteroatoms. The van der Waals surface area contributed by atoms with Crippen LogP contribution in [-0.4, -0.2) is 26.4 Å². The van der Waals surface area contributed by atoms with Crippen LogP contribution in [0.1, 0.15) is 17.0 Å². The van der Waals surface area contributed by atoms with Crippen LogP contribution in [-0.2, 0) is 17.9 Å². The number of carbonyl (C=O) groups is 1. The second-order valence-electron chi connectivity index (χ2n) is 7.39. The second kappa shape index (κ2) is 11.0. The number of benzene rings is 3. The van der Waals surface area contributed by atoms with Crippen molar-refractivity contribution >= 4 is 35.0 Å². The van der Waals surface area contributed by atoms with Gasteiger partial charge in [-0.25, -0.2) is 0 Å². The molecule has 0 spiro atoms. The Hall–Kier alpha value is -3.29. The number of hydrogen-bond acceptors (Lipinski definition) is 5. The molecule has 1 aromatic heterocycles. The third-order valence-corrected chi connectivity index (χ3v) is 6.14. The summed E-state index contributed by atoms with van der Waals surface area (Å²) >= 11 is 7.46.